The van der Waals surface area contributed by atoms with Gasteiger partial charge in [0.1, 0.15) is 6.54 Å². The number of carbonyl (C=O) groups excluding carboxylic acids is 2. The fourth-order valence-electron chi connectivity index (χ4n) is 3.09. The van der Waals surface area contributed by atoms with Gasteiger partial charge in [0, 0.05) is 29.5 Å². The molecule has 3 rings (SSSR count). The number of nitrogens with one attached hydrogen (secondary N) is 2. The monoisotopic (exact) mass is 410 g/mol. The van der Waals surface area contributed by atoms with E-state index in [1.54, 1.807) is 34.5 Å². The van der Waals surface area contributed by atoms with Gasteiger partial charge in [-0.05, 0) is 48.2 Å². The molecule has 0 radical (unpaired) electrons. The van der Waals surface area contributed by atoms with Crippen molar-refractivity contribution in [3.63, 3.8) is 0 Å². The van der Waals surface area contributed by atoms with E-state index in [9.17, 15) is 9.59 Å². The molecule has 0 saturated carbocycles. The van der Waals surface area contributed by atoms with Crippen molar-refractivity contribution >= 4 is 28.8 Å². The highest BCUT2D eigenvalue weighted by Crippen LogP contribution is 2.24. The van der Waals surface area contributed by atoms with Crippen molar-refractivity contribution in [2.24, 2.45) is 0 Å². The van der Waals surface area contributed by atoms with Gasteiger partial charge in [0.15, 0.2) is 0 Å². The zero-order valence-corrected chi connectivity index (χ0v) is 17.6. The standard InChI is InChI=1S/C22H26N4O2S/c1-3-7-19-17(4-2)13-20(29-19)22(28)23-14-16-8-5-9-18(12-16)25-21(27)15-26-11-6-10-24-26/h5-6,8-13H,3-4,7,14-15H2,1-2H3,(H,23,28)(H,25,27). The van der Waals surface area contributed by atoms with Crippen LogP contribution in [0.25, 0.3) is 0 Å². The Bertz CT molecular complexity index is 963. The van der Waals surface area contributed by atoms with Crippen LogP contribution in [0.1, 0.15) is 45.9 Å². The molecule has 0 bridgehead atoms. The predicted molar refractivity (Wildman–Crippen MR) is 116 cm³/mol. The Labute approximate surface area is 175 Å². The number of rotatable bonds is 9. The molecule has 0 unspecified atom stereocenters. The molecule has 0 atom stereocenters. The molecule has 0 aliphatic rings. The first-order valence-corrected chi connectivity index (χ1v) is 10.7. The lowest BCUT2D eigenvalue weighted by Crippen LogP contribution is -2.22. The number of thiophene rings is 1. The largest absolute Gasteiger partial charge is 0.347 e. The lowest BCUT2D eigenvalue weighted by atomic mass is 10.1. The molecule has 29 heavy (non-hydrogen) atoms. The van der Waals surface area contributed by atoms with Crippen molar-refractivity contribution < 1.29 is 9.59 Å². The van der Waals surface area contributed by atoms with Crippen LogP contribution >= 0.6 is 11.3 Å². The van der Waals surface area contributed by atoms with Gasteiger partial charge in [0.05, 0.1) is 4.88 Å². The van der Waals surface area contributed by atoms with Crippen LogP contribution in [0.4, 0.5) is 5.69 Å². The predicted octanol–water partition coefficient (Wildman–Crippen LogP) is 4.03. The van der Waals surface area contributed by atoms with Gasteiger partial charge in [-0.15, -0.1) is 11.3 Å². The summed E-state index contributed by atoms with van der Waals surface area (Å²) in [6.07, 6.45) is 6.42. The van der Waals surface area contributed by atoms with E-state index in [4.69, 9.17) is 0 Å². The topological polar surface area (TPSA) is 76.0 Å². The van der Waals surface area contributed by atoms with Crippen molar-refractivity contribution in [1.29, 1.82) is 0 Å². The van der Waals surface area contributed by atoms with Crippen LogP contribution in [0.5, 0.6) is 0 Å². The molecule has 2 N–H and O–H groups in total. The number of nitrogens with zero attached hydrogens (tertiary/aromatic N) is 2. The van der Waals surface area contributed by atoms with Gasteiger partial charge >= 0.3 is 0 Å². The average molecular weight is 411 g/mol. The second-order valence-corrected chi connectivity index (χ2v) is 7.93. The molecule has 0 aliphatic carbocycles. The zero-order valence-electron chi connectivity index (χ0n) is 16.8. The Morgan fingerprint density at radius 2 is 2.03 bits per heavy atom. The summed E-state index contributed by atoms with van der Waals surface area (Å²) in [6.45, 7) is 4.84. The van der Waals surface area contributed by atoms with Crippen molar-refractivity contribution in [2.75, 3.05) is 5.32 Å². The van der Waals surface area contributed by atoms with Crippen LogP contribution in [0.3, 0.4) is 0 Å². The molecule has 7 heteroatoms. The summed E-state index contributed by atoms with van der Waals surface area (Å²) in [4.78, 5) is 26.7. The smallest absolute Gasteiger partial charge is 0.261 e. The second-order valence-electron chi connectivity index (χ2n) is 6.80. The minimum absolute atomic E-state index is 0.0554. The molecule has 2 heterocycles. The van der Waals surface area contributed by atoms with E-state index in [0.717, 1.165) is 29.7 Å². The molecule has 0 fully saturated rings. The molecule has 6 nitrogen and oxygen atoms in total. The molecule has 1 aromatic carbocycles. The highest BCUT2D eigenvalue weighted by Gasteiger charge is 2.13. The summed E-state index contributed by atoms with van der Waals surface area (Å²) in [5, 5.41) is 9.87. The minimum Gasteiger partial charge on any atom is -0.347 e. The summed E-state index contributed by atoms with van der Waals surface area (Å²) in [5.74, 6) is -0.204. The fraction of sp³-hybridized carbons (Fsp3) is 0.318. The fourth-order valence-corrected chi connectivity index (χ4v) is 4.36. The van der Waals surface area contributed by atoms with Crippen molar-refractivity contribution in [2.45, 2.75) is 46.2 Å². The van der Waals surface area contributed by atoms with Gasteiger partial charge in [-0.3, -0.25) is 14.3 Å². The van der Waals surface area contributed by atoms with E-state index >= 15 is 0 Å². The Morgan fingerprint density at radius 1 is 1.17 bits per heavy atom. The van der Waals surface area contributed by atoms with E-state index < -0.39 is 0 Å². The SMILES string of the molecule is CCCc1sc(C(=O)NCc2cccc(NC(=O)Cn3cccn3)c2)cc1CC. The maximum atomic E-state index is 12.6. The number of hydrogen-bond donors (Lipinski definition) is 2. The van der Waals surface area contributed by atoms with Crippen molar-refractivity contribution in [3.05, 3.63) is 69.7 Å². The Hall–Kier alpha value is -2.93. The first-order valence-electron chi connectivity index (χ1n) is 9.85. The molecule has 0 aliphatic heterocycles. The number of aromatic nitrogens is 2. The Kier molecular flexibility index (Phi) is 7.19. The van der Waals surface area contributed by atoms with Crippen molar-refractivity contribution in [1.82, 2.24) is 15.1 Å². The Morgan fingerprint density at radius 3 is 2.76 bits per heavy atom. The normalized spacial score (nSPS) is 10.7. The molecule has 2 amide bonds. The summed E-state index contributed by atoms with van der Waals surface area (Å²) in [5.41, 5.74) is 2.89. The Balaban J connectivity index is 1.57. The van der Waals surface area contributed by atoms with Crippen LogP contribution in [-0.4, -0.2) is 21.6 Å². The van der Waals surface area contributed by atoms with Crippen LogP contribution in [0, 0.1) is 0 Å². The first kappa shape index (κ1) is 20.8. The van der Waals surface area contributed by atoms with Gasteiger partial charge < -0.3 is 10.6 Å². The molecule has 0 spiro atoms. The molecule has 2 aromatic heterocycles. The van der Waals surface area contributed by atoms with Crippen LogP contribution in [-0.2, 0) is 30.7 Å². The number of benzene rings is 1. The second kappa shape index (κ2) is 10.0. The van der Waals surface area contributed by atoms with Crippen molar-refractivity contribution in [3.8, 4) is 0 Å². The molecule has 3 aromatic rings. The van der Waals surface area contributed by atoms with Crippen LogP contribution in [0.2, 0.25) is 0 Å². The third kappa shape index (κ3) is 5.77. The molecular formula is C22H26N4O2S. The summed E-state index contributed by atoms with van der Waals surface area (Å²) in [7, 11) is 0. The summed E-state index contributed by atoms with van der Waals surface area (Å²) >= 11 is 1.59. The highest BCUT2D eigenvalue weighted by molar-refractivity contribution is 7.14. The number of amides is 2. The van der Waals surface area contributed by atoms with E-state index in [1.165, 1.54) is 10.4 Å². The number of aryl methyl sites for hydroxylation is 2. The highest BCUT2D eigenvalue weighted by atomic mass is 32.1. The maximum absolute atomic E-state index is 12.6. The lowest BCUT2D eigenvalue weighted by Gasteiger charge is -2.08. The van der Waals surface area contributed by atoms with Gasteiger partial charge in [0.25, 0.3) is 5.91 Å². The van der Waals surface area contributed by atoms with Crippen LogP contribution < -0.4 is 10.6 Å². The van der Waals surface area contributed by atoms with E-state index in [-0.39, 0.29) is 18.4 Å². The number of hydrogen-bond acceptors (Lipinski definition) is 4. The van der Waals surface area contributed by atoms with Crippen LogP contribution in [0.15, 0.2) is 48.8 Å². The zero-order chi connectivity index (χ0) is 20.6. The number of anilines is 1. The quantitative estimate of drug-likeness (QED) is 0.559. The van der Waals surface area contributed by atoms with E-state index in [0.29, 0.717) is 12.2 Å². The third-order valence-electron chi connectivity index (χ3n) is 4.51. The summed E-state index contributed by atoms with van der Waals surface area (Å²) in [6, 6.07) is 11.3. The third-order valence-corrected chi connectivity index (χ3v) is 5.74. The van der Waals surface area contributed by atoms with E-state index in [2.05, 4.69) is 29.6 Å². The lowest BCUT2D eigenvalue weighted by molar-refractivity contribution is -0.116. The minimum atomic E-state index is -0.149. The average Bonchev–Trinajstić information content (AvgIpc) is 3.36. The number of carbonyl (C=O) groups is 2. The van der Waals surface area contributed by atoms with Gasteiger partial charge in [-0.25, -0.2) is 0 Å². The first-order chi connectivity index (χ1) is 14.1. The van der Waals surface area contributed by atoms with E-state index in [1.807, 2.05) is 30.3 Å². The van der Waals surface area contributed by atoms with Gasteiger partial charge in [-0.2, -0.15) is 5.10 Å². The molecule has 152 valence electrons. The molecule has 0 saturated heterocycles. The maximum Gasteiger partial charge on any atom is 0.261 e. The van der Waals surface area contributed by atoms with Gasteiger partial charge in [0.2, 0.25) is 5.91 Å². The summed E-state index contributed by atoms with van der Waals surface area (Å²) < 4.78 is 1.57. The molecular weight excluding hydrogens is 384 g/mol. The van der Waals surface area contributed by atoms with Gasteiger partial charge in [-0.1, -0.05) is 32.4 Å².